The van der Waals surface area contributed by atoms with E-state index in [2.05, 4.69) is 16.0 Å². The standard InChI is InChI=1S/C30H41N3O7/c1-22(32-29(37)40-30(2,3)4)19-26(34)33-25(27(35)38-20-23-13-7-5-8-14-23)17-11-12-18-31-28(36)39-21-24-15-9-6-10-16-24/h5-10,13-16,22,25H,11-12,17-21H2,1-4H3,(H,31,36)(H,32,37)(H,33,34)/t22-,25-/m0/s1. The zero-order chi connectivity index (χ0) is 29.4. The van der Waals surface area contributed by atoms with Crippen LogP contribution in [0, 0.1) is 0 Å². The molecule has 2 atom stereocenters. The van der Waals surface area contributed by atoms with Crippen molar-refractivity contribution in [3.8, 4) is 0 Å². The van der Waals surface area contributed by atoms with Gasteiger partial charge in [-0.1, -0.05) is 60.7 Å². The smallest absolute Gasteiger partial charge is 0.407 e. The van der Waals surface area contributed by atoms with Gasteiger partial charge in [-0.05, 0) is 58.1 Å². The molecule has 0 radical (unpaired) electrons. The van der Waals surface area contributed by atoms with E-state index in [0.717, 1.165) is 11.1 Å². The summed E-state index contributed by atoms with van der Waals surface area (Å²) in [6, 6.07) is 17.2. The van der Waals surface area contributed by atoms with Crippen LogP contribution in [0.3, 0.4) is 0 Å². The van der Waals surface area contributed by atoms with Gasteiger partial charge in [0.25, 0.3) is 0 Å². The second-order valence-electron chi connectivity index (χ2n) is 10.4. The van der Waals surface area contributed by atoms with E-state index in [-0.39, 0.29) is 19.6 Å². The first-order chi connectivity index (χ1) is 19.0. The van der Waals surface area contributed by atoms with Crippen molar-refractivity contribution in [2.45, 2.75) is 84.3 Å². The molecule has 40 heavy (non-hydrogen) atoms. The summed E-state index contributed by atoms with van der Waals surface area (Å²) < 4.78 is 15.9. The fraction of sp³-hybridized carbons (Fsp3) is 0.467. The van der Waals surface area contributed by atoms with Crippen LogP contribution < -0.4 is 16.0 Å². The monoisotopic (exact) mass is 555 g/mol. The minimum absolute atomic E-state index is 0.0451. The Morgan fingerprint density at radius 1 is 0.775 bits per heavy atom. The van der Waals surface area contributed by atoms with Crippen molar-refractivity contribution < 1.29 is 33.4 Å². The molecule has 218 valence electrons. The molecule has 0 unspecified atom stereocenters. The molecule has 3 amide bonds. The molecule has 0 aliphatic heterocycles. The fourth-order valence-electron chi connectivity index (χ4n) is 3.61. The minimum atomic E-state index is -0.880. The largest absolute Gasteiger partial charge is 0.459 e. The molecule has 0 aliphatic carbocycles. The molecule has 0 heterocycles. The summed E-state index contributed by atoms with van der Waals surface area (Å²) in [7, 11) is 0. The Balaban J connectivity index is 1.81. The van der Waals surface area contributed by atoms with Crippen LogP contribution in [-0.4, -0.2) is 48.3 Å². The summed E-state index contributed by atoms with van der Waals surface area (Å²) in [6.07, 6.45) is 0.222. The molecule has 10 nitrogen and oxygen atoms in total. The quantitative estimate of drug-likeness (QED) is 0.176. The average Bonchev–Trinajstić information content (AvgIpc) is 2.89. The summed E-state index contributed by atoms with van der Waals surface area (Å²) >= 11 is 0. The summed E-state index contributed by atoms with van der Waals surface area (Å²) in [4.78, 5) is 49.5. The lowest BCUT2D eigenvalue weighted by Gasteiger charge is -2.22. The number of nitrogens with one attached hydrogen (secondary N) is 3. The second-order valence-corrected chi connectivity index (χ2v) is 10.4. The Bertz CT molecular complexity index is 1070. The molecule has 0 bridgehead atoms. The van der Waals surface area contributed by atoms with Crippen LogP contribution in [0.25, 0.3) is 0 Å². The summed E-state index contributed by atoms with van der Waals surface area (Å²) in [5.41, 5.74) is 1.06. The van der Waals surface area contributed by atoms with Crippen LogP contribution in [-0.2, 0) is 37.0 Å². The molecule has 10 heteroatoms. The van der Waals surface area contributed by atoms with Gasteiger partial charge in [-0.15, -0.1) is 0 Å². The number of carbonyl (C=O) groups excluding carboxylic acids is 4. The van der Waals surface area contributed by atoms with Crippen molar-refractivity contribution in [2.75, 3.05) is 6.54 Å². The van der Waals surface area contributed by atoms with E-state index < -0.39 is 41.7 Å². The summed E-state index contributed by atoms with van der Waals surface area (Å²) in [5.74, 6) is -0.965. The van der Waals surface area contributed by atoms with Gasteiger partial charge in [-0.3, -0.25) is 4.79 Å². The van der Waals surface area contributed by atoms with E-state index in [1.165, 1.54) is 0 Å². The Kier molecular flexibility index (Phi) is 13.5. The molecule has 0 fully saturated rings. The molecule has 0 aromatic heterocycles. The number of carbonyl (C=O) groups is 4. The van der Waals surface area contributed by atoms with Crippen LogP contribution in [0.15, 0.2) is 60.7 Å². The van der Waals surface area contributed by atoms with Crippen molar-refractivity contribution in [1.82, 2.24) is 16.0 Å². The number of rotatable bonds is 14. The van der Waals surface area contributed by atoms with Crippen molar-refractivity contribution in [1.29, 1.82) is 0 Å². The van der Waals surface area contributed by atoms with Gasteiger partial charge in [0.15, 0.2) is 0 Å². The second kappa shape index (κ2) is 16.8. The van der Waals surface area contributed by atoms with E-state index in [0.29, 0.717) is 25.8 Å². The van der Waals surface area contributed by atoms with Crippen molar-refractivity contribution in [3.05, 3.63) is 71.8 Å². The highest BCUT2D eigenvalue weighted by Crippen LogP contribution is 2.09. The molecule has 3 N–H and O–H groups in total. The Labute approximate surface area is 236 Å². The molecular weight excluding hydrogens is 514 g/mol. The highest BCUT2D eigenvalue weighted by Gasteiger charge is 2.24. The maximum Gasteiger partial charge on any atom is 0.407 e. The molecule has 2 aromatic rings. The summed E-state index contributed by atoms with van der Waals surface area (Å²) in [6.45, 7) is 7.53. The predicted molar refractivity (Wildman–Crippen MR) is 150 cm³/mol. The molecule has 0 spiro atoms. The van der Waals surface area contributed by atoms with Gasteiger partial charge in [0, 0.05) is 19.0 Å². The SMILES string of the molecule is C[C@@H](CC(=O)N[C@@H](CCCCNC(=O)OCc1ccccc1)C(=O)OCc1ccccc1)NC(=O)OC(C)(C)C. The molecule has 2 rings (SSSR count). The molecule has 2 aromatic carbocycles. The van der Waals surface area contributed by atoms with Gasteiger partial charge in [-0.2, -0.15) is 0 Å². The molecule has 0 saturated carbocycles. The van der Waals surface area contributed by atoms with Crippen molar-refractivity contribution >= 4 is 24.1 Å². The Hall–Kier alpha value is -4.08. The number of unbranched alkanes of at least 4 members (excludes halogenated alkanes) is 1. The Morgan fingerprint density at radius 3 is 1.93 bits per heavy atom. The number of alkyl carbamates (subject to hydrolysis) is 2. The van der Waals surface area contributed by atoms with Crippen LogP contribution in [0.4, 0.5) is 9.59 Å². The third-order valence-corrected chi connectivity index (χ3v) is 5.50. The highest BCUT2D eigenvalue weighted by molar-refractivity contribution is 5.85. The van der Waals surface area contributed by atoms with Crippen LogP contribution in [0.1, 0.15) is 64.5 Å². The fourth-order valence-corrected chi connectivity index (χ4v) is 3.61. The van der Waals surface area contributed by atoms with Gasteiger partial charge in [-0.25, -0.2) is 14.4 Å². The lowest BCUT2D eigenvalue weighted by atomic mass is 10.1. The van der Waals surface area contributed by atoms with Gasteiger partial charge in [0.1, 0.15) is 24.9 Å². The number of esters is 1. The molecule has 0 aliphatic rings. The zero-order valence-corrected chi connectivity index (χ0v) is 23.7. The van der Waals surface area contributed by atoms with Crippen molar-refractivity contribution in [3.63, 3.8) is 0 Å². The van der Waals surface area contributed by atoms with E-state index in [1.807, 2.05) is 60.7 Å². The van der Waals surface area contributed by atoms with Crippen LogP contribution in [0.2, 0.25) is 0 Å². The van der Waals surface area contributed by atoms with E-state index >= 15 is 0 Å². The third-order valence-electron chi connectivity index (χ3n) is 5.50. The van der Waals surface area contributed by atoms with Gasteiger partial charge in [0.05, 0.1) is 0 Å². The lowest BCUT2D eigenvalue weighted by molar-refractivity contribution is -0.149. The van der Waals surface area contributed by atoms with Gasteiger partial charge < -0.3 is 30.2 Å². The van der Waals surface area contributed by atoms with Crippen LogP contribution in [0.5, 0.6) is 0 Å². The third kappa shape index (κ3) is 14.2. The molecule has 0 saturated heterocycles. The minimum Gasteiger partial charge on any atom is -0.459 e. The highest BCUT2D eigenvalue weighted by atomic mass is 16.6. The number of ether oxygens (including phenoxy) is 3. The van der Waals surface area contributed by atoms with E-state index in [1.54, 1.807) is 27.7 Å². The van der Waals surface area contributed by atoms with Crippen LogP contribution >= 0.6 is 0 Å². The first kappa shape index (κ1) is 32.1. The number of hydrogen-bond donors (Lipinski definition) is 3. The topological polar surface area (TPSA) is 132 Å². The summed E-state index contributed by atoms with van der Waals surface area (Å²) in [5, 5.41) is 8.03. The number of amides is 3. The first-order valence-electron chi connectivity index (χ1n) is 13.5. The van der Waals surface area contributed by atoms with E-state index in [9.17, 15) is 19.2 Å². The predicted octanol–water partition coefficient (Wildman–Crippen LogP) is 4.61. The lowest BCUT2D eigenvalue weighted by Crippen LogP contribution is -2.45. The average molecular weight is 556 g/mol. The normalized spacial score (nSPS) is 12.4. The Morgan fingerprint density at radius 2 is 1.35 bits per heavy atom. The maximum absolute atomic E-state index is 12.8. The first-order valence-corrected chi connectivity index (χ1v) is 13.5. The maximum atomic E-state index is 12.8. The van der Waals surface area contributed by atoms with Gasteiger partial charge >= 0.3 is 18.2 Å². The zero-order valence-electron chi connectivity index (χ0n) is 23.7. The van der Waals surface area contributed by atoms with Crippen molar-refractivity contribution in [2.24, 2.45) is 0 Å². The van der Waals surface area contributed by atoms with Gasteiger partial charge in [0.2, 0.25) is 5.91 Å². The molecular formula is C30H41N3O7. The van der Waals surface area contributed by atoms with E-state index in [4.69, 9.17) is 14.2 Å². The number of benzene rings is 2. The number of hydrogen-bond acceptors (Lipinski definition) is 7.